The van der Waals surface area contributed by atoms with Gasteiger partial charge in [-0.15, -0.1) is 0 Å². The van der Waals surface area contributed by atoms with E-state index in [0.717, 1.165) is 12.8 Å². The summed E-state index contributed by atoms with van der Waals surface area (Å²) in [5.41, 5.74) is 5.45. The molecule has 0 radical (unpaired) electrons. The van der Waals surface area contributed by atoms with E-state index in [9.17, 15) is 4.79 Å². The summed E-state index contributed by atoms with van der Waals surface area (Å²) in [7, 11) is 0. The lowest BCUT2D eigenvalue weighted by molar-refractivity contribution is -0.143. The molecule has 1 aliphatic rings. The van der Waals surface area contributed by atoms with E-state index in [1.807, 2.05) is 0 Å². The monoisotopic (exact) mass is 237 g/mol. The van der Waals surface area contributed by atoms with Crippen LogP contribution in [0.2, 0.25) is 0 Å². The maximum atomic E-state index is 10.8. The van der Waals surface area contributed by atoms with Crippen LogP contribution in [0.25, 0.3) is 0 Å². The van der Waals surface area contributed by atoms with Gasteiger partial charge in [0.1, 0.15) is 6.10 Å². The van der Waals surface area contributed by atoms with Crippen LogP contribution in [0, 0.1) is 5.92 Å². The Bertz CT molecular complexity index is 403. The summed E-state index contributed by atoms with van der Waals surface area (Å²) in [5.74, 6) is -0.307. The van der Waals surface area contributed by atoms with Gasteiger partial charge in [-0.2, -0.15) is 4.98 Å². The molecule has 6 nitrogen and oxygen atoms in total. The first-order chi connectivity index (χ1) is 8.15. The molecule has 1 heterocycles. The van der Waals surface area contributed by atoms with E-state index in [1.165, 1.54) is 0 Å². The Kier molecular flexibility index (Phi) is 3.41. The fraction of sp³-hybridized carbons (Fsp3) is 0.545. The number of carboxylic acid groups (broad SMARTS) is 1. The number of nitrogen functional groups attached to an aromatic ring is 1. The van der Waals surface area contributed by atoms with Gasteiger partial charge in [0.15, 0.2) is 0 Å². The summed E-state index contributed by atoms with van der Waals surface area (Å²) in [6, 6.07) is 1.65. The maximum Gasteiger partial charge on any atom is 0.306 e. The van der Waals surface area contributed by atoms with Crippen molar-refractivity contribution in [2.45, 2.75) is 31.8 Å². The molecule has 0 spiro atoms. The Morgan fingerprint density at radius 3 is 2.71 bits per heavy atom. The molecule has 2 rings (SSSR count). The van der Waals surface area contributed by atoms with E-state index in [0.29, 0.717) is 18.7 Å². The smallest absolute Gasteiger partial charge is 0.306 e. The average molecular weight is 237 g/mol. The Hall–Kier alpha value is -1.85. The number of carboxylic acids is 1. The van der Waals surface area contributed by atoms with Crippen LogP contribution in [0.1, 0.15) is 25.7 Å². The van der Waals surface area contributed by atoms with Gasteiger partial charge in [-0.25, -0.2) is 4.98 Å². The molecule has 0 atom stereocenters. The highest BCUT2D eigenvalue weighted by molar-refractivity contribution is 5.70. The van der Waals surface area contributed by atoms with Crippen molar-refractivity contribution in [2.75, 3.05) is 5.73 Å². The van der Waals surface area contributed by atoms with E-state index >= 15 is 0 Å². The lowest BCUT2D eigenvalue weighted by Gasteiger charge is -2.26. The van der Waals surface area contributed by atoms with Crippen LogP contribution in [0.3, 0.4) is 0 Å². The van der Waals surface area contributed by atoms with E-state index in [-0.39, 0.29) is 18.0 Å². The standard InChI is InChI=1S/C11H15N3O3/c12-11-13-6-5-9(14-11)17-8-3-1-7(2-4-8)10(15)16/h5-8H,1-4H2,(H,15,16)(H2,12,13,14). The molecule has 3 N–H and O–H groups in total. The Morgan fingerprint density at radius 2 is 2.12 bits per heavy atom. The predicted octanol–water partition coefficient (Wildman–Crippen LogP) is 1.08. The van der Waals surface area contributed by atoms with Gasteiger partial charge in [-0.05, 0) is 25.7 Å². The number of rotatable bonds is 3. The molecule has 1 saturated carbocycles. The van der Waals surface area contributed by atoms with Gasteiger partial charge in [0, 0.05) is 12.3 Å². The normalized spacial score (nSPS) is 24.2. The molecule has 1 aromatic heterocycles. The van der Waals surface area contributed by atoms with E-state index < -0.39 is 5.97 Å². The molecule has 0 amide bonds. The Labute approximate surface area is 98.8 Å². The molecule has 92 valence electrons. The first-order valence-corrected chi connectivity index (χ1v) is 5.63. The van der Waals surface area contributed by atoms with Crippen LogP contribution in [0.4, 0.5) is 5.95 Å². The predicted molar refractivity (Wildman–Crippen MR) is 60.5 cm³/mol. The first-order valence-electron chi connectivity index (χ1n) is 5.63. The third-order valence-corrected chi connectivity index (χ3v) is 2.96. The van der Waals surface area contributed by atoms with Gasteiger partial charge < -0.3 is 15.6 Å². The highest BCUT2D eigenvalue weighted by atomic mass is 16.5. The van der Waals surface area contributed by atoms with Gasteiger partial charge in [-0.3, -0.25) is 4.79 Å². The largest absolute Gasteiger partial charge is 0.481 e. The van der Waals surface area contributed by atoms with Crippen LogP contribution >= 0.6 is 0 Å². The van der Waals surface area contributed by atoms with Gasteiger partial charge in [0.25, 0.3) is 0 Å². The molecule has 6 heteroatoms. The van der Waals surface area contributed by atoms with Crippen LogP contribution in [0.15, 0.2) is 12.3 Å². The topological polar surface area (TPSA) is 98.3 Å². The van der Waals surface area contributed by atoms with E-state index in [2.05, 4.69) is 9.97 Å². The highest BCUT2D eigenvalue weighted by Crippen LogP contribution is 2.27. The van der Waals surface area contributed by atoms with Crippen molar-refractivity contribution in [3.8, 4) is 5.88 Å². The van der Waals surface area contributed by atoms with E-state index in [4.69, 9.17) is 15.6 Å². The second-order valence-electron chi connectivity index (χ2n) is 4.18. The number of anilines is 1. The van der Waals surface area contributed by atoms with Crippen molar-refractivity contribution < 1.29 is 14.6 Å². The van der Waals surface area contributed by atoms with Crippen LogP contribution < -0.4 is 10.5 Å². The van der Waals surface area contributed by atoms with Crippen molar-refractivity contribution >= 4 is 11.9 Å². The molecule has 0 aromatic carbocycles. The first kappa shape index (κ1) is 11.6. The summed E-state index contributed by atoms with van der Waals surface area (Å²) in [4.78, 5) is 18.5. The van der Waals surface area contributed by atoms with Crippen molar-refractivity contribution in [1.82, 2.24) is 9.97 Å². The minimum Gasteiger partial charge on any atom is -0.481 e. The SMILES string of the molecule is Nc1nccc(OC2CCC(C(=O)O)CC2)n1. The number of nitrogens with zero attached hydrogens (tertiary/aromatic N) is 2. The quantitative estimate of drug-likeness (QED) is 0.816. The van der Waals surface area contributed by atoms with Crippen LogP contribution in [0.5, 0.6) is 5.88 Å². The molecule has 0 saturated heterocycles. The van der Waals surface area contributed by atoms with Crippen molar-refractivity contribution in [1.29, 1.82) is 0 Å². The van der Waals surface area contributed by atoms with Crippen LogP contribution in [-0.4, -0.2) is 27.1 Å². The van der Waals surface area contributed by atoms with E-state index in [1.54, 1.807) is 12.3 Å². The highest BCUT2D eigenvalue weighted by Gasteiger charge is 2.27. The van der Waals surface area contributed by atoms with Gasteiger partial charge >= 0.3 is 5.97 Å². The Balaban J connectivity index is 1.88. The molecule has 0 unspecified atom stereocenters. The maximum absolute atomic E-state index is 10.8. The van der Waals surface area contributed by atoms with Crippen molar-refractivity contribution in [3.63, 3.8) is 0 Å². The summed E-state index contributed by atoms with van der Waals surface area (Å²) in [5, 5.41) is 8.87. The van der Waals surface area contributed by atoms with Crippen LogP contribution in [-0.2, 0) is 4.79 Å². The summed E-state index contributed by atoms with van der Waals surface area (Å²) < 4.78 is 5.64. The summed E-state index contributed by atoms with van der Waals surface area (Å²) in [6.45, 7) is 0. The zero-order valence-corrected chi connectivity index (χ0v) is 9.37. The Morgan fingerprint density at radius 1 is 1.41 bits per heavy atom. The number of aromatic nitrogens is 2. The number of carbonyl (C=O) groups is 1. The van der Waals surface area contributed by atoms with Gasteiger partial charge in [0.05, 0.1) is 5.92 Å². The minimum absolute atomic E-state index is 0.0277. The second kappa shape index (κ2) is 4.99. The number of aliphatic carboxylic acids is 1. The van der Waals surface area contributed by atoms with Gasteiger partial charge in [-0.1, -0.05) is 0 Å². The van der Waals surface area contributed by atoms with Gasteiger partial charge in [0.2, 0.25) is 11.8 Å². The number of ether oxygens (including phenoxy) is 1. The zero-order valence-electron chi connectivity index (χ0n) is 9.37. The lowest BCUT2D eigenvalue weighted by Crippen LogP contribution is -2.28. The number of nitrogens with two attached hydrogens (primary N) is 1. The fourth-order valence-corrected chi connectivity index (χ4v) is 2.02. The molecule has 1 fully saturated rings. The molecule has 1 aliphatic carbocycles. The van der Waals surface area contributed by atoms with Crippen molar-refractivity contribution in [3.05, 3.63) is 12.3 Å². The fourth-order valence-electron chi connectivity index (χ4n) is 2.02. The van der Waals surface area contributed by atoms with Crippen molar-refractivity contribution in [2.24, 2.45) is 5.92 Å². The number of hydrogen-bond acceptors (Lipinski definition) is 5. The zero-order chi connectivity index (χ0) is 12.3. The molecular formula is C11H15N3O3. The number of hydrogen-bond donors (Lipinski definition) is 2. The summed E-state index contributed by atoms with van der Waals surface area (Å²) in [6.07, 6.45) is 4.35. The molecular weight excluding hydrogens is 222 g/mol. The molecule has 0 aliphatic heterocycles. The third-order valence-electron chi connectivity index (χ3n) is 2.96. The molecule has 0 bridgehead atoms. The molecule has 1 aromatic rings. The second-order valence-corrected chi connectivity index (χ2v) is 4.18. The summed E-state index contributed by atoms with van der Waals surface area (Å²) >= 11 is 0. The third kappa shape index (κ3) is 3.05. The molecule has 17 heavy (non-hydrogen) atoms. The minimum atomic E-state index is -0.713. The lowest BCUT2D eigenvalue weighted by atomic mass is 9.87. The average Bonchev–Trinajstić information content (AvgIpc) is 2.29.